The van der Waals surface area contributed by atoms with Gasteiger partial charge in [-0.3, -0.25) is 0 Å². The lowest BCUT2D eigenvalue weighted by molar-refractivity contribution is 0.675. The second-order valence-electron chi connectivity index (χ2n) is 3.04. The summed E-state index contributed by atoms with van der Waals surface area (Å²) in [5, 5.41) is 0. The van der Waals surface area contributed by atoms with E-state index in [0.717, 1.165) is 6.42 Å². The van der Waals surface area contributed by atoms with Gasteiger partial charge in [0.1, 0.15) is 0 Å². The van der Waals surface area contributed by atoms with Gasteiger partial charge in [-0.25, -0.2) is 0 Å². The molecule has 0 fully saturated rings. The number of hydrogen-bond donors (Lipinski definition) is 0. The van der Waals surface area contributed by atoms with Crippen LogP contribution in [0.5, 0.6) is 0 Å². The highest BCUT2D eigenvalue weighted by Gasteiger charge is 2.05. The predicted molar refractivity (Wildman–Crippen MR) is 54.3 cm³/mol. The van der Waals surface area contributed by atoms with Crippen LogP contribution in [0.15, 0.2) is 43.0 Å². The molecule has 0 nitrogen and oxygen atoms in total. The van der Waals surface area contributed by atoms with E-state index in [-0.39, 0.29) is 0 Å². The third-order valence-electron chi connectivity index (χ3n) is 2.21. The molecule has 0 saturated heterocycles. The average Bonchev–Trinajstić information content (AvgIpc) is 2.15. The molecule has 0 radical (unpaired) electrons. The van der Waals surface area contributed by atoms with Gasteiger partial charge in [0.2, 0.25) is 0 Å². The first-order chi connectivity index (χ1) is 5.88. The highest BCUT2D eigenvalue weighted by Crippen LogP contribution is 2.22. The maximum atomic E-state index is 3.77. The van der Waals surface area contributed by atoms with E-state index in [9.17, 15) is 0 Å². The molecule has 0 heterocycles. The second-order valence-corrected chi connectivity index (χ2v) is 3.04. The van der Waals surface area contributed by atoms with E-state index in [1.807, 2.05) is 6.08 Å². The molecule has 0 heteroatoms. The summed E-state index contributed by atoms with van der Waals surface area (Å²) in [6, 6.07) is 10.6. The van der Waals surface area contributed by atoms with Crippen molar-refractivity contribution in [2.24, 2.45) is 0 Å². The first kappa shape index (κ1) is 9.05. The minimum atomic E-state index is 0.656. The van der Waals surface area contributed by atoms with Gasteiger partial charge in [-0.2, -0.15) is 0 Å². The Kier molecular flexibility index (Phi) is 3.59. The molecular weight excluding hydrogens is 144 g/mol. The van der Waals surface area contributed by atoms with Crippen LogP contribution in [0, 0.1) is 0 Å². The number of benzene rings is 1. The fourth-order valence-corrected chi connectivity index (χ4v) is 1.46. The maximum absolute atomic E-state index is 3.77. The summed E-state index contributed by atoms with van der Waals surface area (Å²) in [5.41, 5.74) is 1.43. The van der Waals surface area contributed by atoms with E-state index in [1.165, 1.54) is 12.0 Å². The van der Waals surface area contributed by atoms with Gasteiger partial charge in [0, 0.05) is 0 Å². The lowest BCUT2D eigenvalue weighted by Crippen LogP contribution is -1.94. The van der Waals surface area contributed by atoms with Crippen LogP contribution in [0.2, 0.25) is 0 Å². The highest BCUT2D eigenvalue weighted by atomic mass is 14.1. The Bertz CT molecular complexity index is 223. The second kappa shape index (κ2) is 4.76. The quantitative estimate of drug-likeness (QED) is 0.588. The lowest BCUT2D eigenvalue weighted by Gasteiger charge is -2.11. The Morgan fingerprint density at radius 3 is 2.50 bits per heavy atom. The van der Waals surface area contributed by atoms with Crippen molar-refractivity contribution >= 4 is 0 Å². The van der Waals surface area contributed by atoms with Crippen LogP contribution in [0.1, 0.15) is 31.2 Å². The van der Waals surface area contributed by atoms with Crippen molar-refractivity contribution < 1.29 is 0 Å². The Hall–Kier alpha value is -1.04. The van der Waals surface area contributed by atoms with Crippen molar-refractivity contribution in [1.29, 1.82) is 0 Å². The number of rotatable bonds is 4. The van der Waals surface area contributed by atoms with Gasteiger partial charge in [-0.1, -0.05) is 43.3 Å². The average molecular weight is 160 g/mol. The summed E-state index contributed by atoms with van der Waals surface area (Å²) in [6.07, 6.45) is 4.28. The van der Waals surface area contributed by atoms with Gasteiger partial charge >= 0.3 is 0 Å². The van der Waals surface area contributed by atoms with Gasteiger partial charge in [0.25, 0.3) is 0 Å². The van der Waals surface area contributed by atoms with Crippen LogP contribution in [0.3, 0.4) is 0 Å². The van der Waals surface area contributed by atoms with E-state index >= 15 is 0 Å². The Morgan fingerprint density at radius 2 is 2.00 bits per heavy atom. The SMILES string of the molecule is C=CC[C@H](CC)c1ccccc1. The highest BCUT2D eigenvalue weighted by molar-refractivity contribution is 5.19. The van der Waals surface area contributed by atoms with Gasteiger partial charge in [0.15, 0.2) is 0 Å². The number of allylic oxidation sites excluding steroid dienone is 1. The van der Waals surface area contributed by atoms with Crippen LogP contribution < -0.4 is 0 Å². The van der Waals surface area contributed by atoms with Crippen LogP contribution in [-0.2, 0) is 0 Å². The molecular formula is C12H16. The van der Waals surface area contributed by atoms with Crippen molar-refractivity contribution in [3.8, 4) is 0 Å². The van der Waals surface area contributed by atoms with Crippen molar-refractivity contribution in [2.45, 2.75) is 25.7 Å². The molecule has 1 atom stereocenters. The summed E-state index contributed by atoms with van der Waals surface area (Å²) in [6.45, 7) is 6.00. The first-order valence-electron chi connectivity index (χ1n) is 4.54. The number of hydrogen-bond acceptors (Lipinski definition) is 0. The molecule has 0 aliphatic rings. The molecule has 0 unspecified atom stereocenters. The molecule has 1 aromatic carbocycles. The first-order valence-corrected chi connectivity index (χ1v) is 4.54. The zero-order valence-electron chi connectivity index (χ0n) is 7.66. The van der Waals surface area contributed by atoms with Crippen molar-refractivity contribution in [3.05, 3.63) is 48.6 Å². The van der Waals surface area contributed by atoms with Crippen molar-refractivity contribution in [1.82, 2.24) is 0 Å². The minimum Gasteiger partial charge on any atom is -0.103 e. The molecule has 12 heavy (non-hydrogen) atoms. The summed E-state index contributed by atoms with van der Waals surface area (Å²) < 4.78 is 0. The van der Waals surface area contributed by atoms with Crippen LogP contribution in [0.4, 0.5) is 0 Å². The Balaban J connectivity index is 2.72. The zero-order valence-corrected chi connectivity index (χ0v) is 7.66. The molecule has 0 spiro atoms. The summed E-state index contributed by atoms with van der Waals surface area (Å²) in [7, 11) is 0. The smallest absolute Gasteiger partial charge is 0.0130 e. The minimum absolute atomic E-state index is 0.656. The summed E-state index contributed by atoms with van der Waals surface area (Å²) in [4.78, 5) is 0. The monoisotopic (exact) mass is 160 g/mol. The van der Waals surface area contributed by atoms with E-state index in [1.54, 1.807) is 0 Å². The van der Waals surface area contributed by atoms with Crippen LogP contribution in [-0.4, -0.2) is 0 Å². The van der Waals surface area contributed by atoms with Gasteiger partial charge in [0.05, 0.1) is 0 Å². The molecule has 0 saturated carbocycles. The fourth-order valence-electron chi connectivity index (χ4n) is 1.46. The molecule has 0 aliphatic heterocycles. The molecule has 1 aromatic rings. The fraction of sp³-hybridized carbons (Fsp3) is 0.333. The van der Waals surface area contributed by atoms with E-state index in [4.69, 9.17) is 0 Å². The maximum Gasteiger partial charge on any atom is -0.0130 e. The van der Waals surface area contributed by atoms with Gasteiger partial charge < -0.3 is 0 Å². The van der Waals surface area contributed by atoms with Crippen LogP contribution >= 0.6 is 0 Å². The summed E-state index contributed by atoms with van der Waals surface area (Å²) in [5.74, 6) is 0.656. The third-order valence-corrected chi connectivity index (χ3v) is 2.21. The summed E-state index contributed by atoms with van der Waals surface area (Å²) >= 11 is 0. The van der Waals surface area contributed by atoms with Gasteiger partial charge in [-0.15, -0.1) is 6.58 Å². The predicted octanol–water partition coefficient (Wildman–Crippen LogP) is 3.76. The molecule has 0 bridgehead atoms. The van der Waals surface area contributed by atoms with Crippen molar-refractivity contribution in [2.75, 3.05) is 0 Å². The zero-order chi connectivity index (χ0) is 8.81. The molecule has 0 amide bonds. The molecule has 0 N–H and O–H groups in total. The Morgan fingerprint density at radius 1 is 1.33 bits per heavy atom. The topological polar surface area (TPSA) is 0 Å². The van der Waals surface area contributed by atoms with Gasteiger partial charge in [-0.05, 0) is 24.3 Å². The van der Waals surface area contributed by atoms with Crippen LogP contribution in [0.25, 0.3) is 0 Å². The third kappa shape index (κ3) is 2.23. The normalized spacial score (nSPS) is 12.4. The lowest BCUT2D eigenvalue weighted by atomic mass is 9.93. The standard InChI is InChI=1S/C12H16/c1-3-8-11(4-2)12-9-6-5-7-10-12/h3,5-7,9-11H,1,4,8H2,2H3/t11-/m0/s1. The Labute approximate surface area is 74.9 Å². The van der Waals surface area contributed by atoms with E-state index in [2.05, 4.69) is 43.8 Å². The van der Waals surface area contributed by atoms with E-state index < -0.39 is 0 Å². The molecule has 64 valence electrons. The molecule has 0 aromatic heterocycles. The van der Waals surface area contributed by atoms with E-state index in [0.29, 0.717) is 5.92 Å². The molecule has 1 rings (SSSR count). The largest absolute Gasteiger partial charge is 0.103 e. The van der Waals surface area contributed by atoms with Crippen molar-refractivity contribution in [3.63, 3.8) is 0 Å². The molecule has 0 aliphatic carbocycles.